The van der Waals surface area contributed by atoms with Gasteiger partial charge in [-0.2, -0.15) is 0 Å². The third-order valence-corrected chi connectivity index (χ3v) is 21.4. The largest absolute Gasteiger partial charge is 0.432 e. The van der Waals surface area contributed by atoms with Crippen LogP contribution in [0.25, 0.3) is 0 Å². The molecule has 79 heavy (non-hydrogen) atoms. The minimum absolute atomic E-state index is 0.0435. The Morgan fingerprint density at radius 1 is 0.570 bits per heavy atom. The molecule has 8 fully saturated rings. The molecule has 4 heterocycles. The van der Waals surface area contributed by atoms with Crippen LogP contribution in [0.3, 0.4) is 0 Å². The fourth-order valence-corrected chi connectivity index (χ4v) is 16.3. The Kier molecular flexibility index (Phi) is 17.5. The molecular formula is C54H86O25. The van der Waals surface area contributed by atoms with Gasteiger partial charge in [-0.25, -0.2) is 0 Å². The third kappa shape index (κ3) is 9.90. The number of aliphatic hydroxyl groups excluding tert-OH is 15. The normalized spacial score (nSPS) is 54.5. The summed E-state index contributed by atoms with van der Waals surface area (Å²) in [6.45, 7) is 9.23. The van der Waals surface area contributed by atoms with Crippen molar-refractivity contribution < 1.29 is 124 Å². The molecule has 9 aliphatic rings. The molecule has 25 nitrogen and oxygen atoms in total. The molecule has 0 amide bonds. The molecule has 9 rings (SSSR count). The Labute approximate surface area is 457 Å². The third-order valence-electron chi connectivity index (χ3n) is 21.4. The summed E-state index contributed by atoms with van der Waals surface area (Å²) in [5.74, 6) is -1.63. The number of carbonyl (C=O) groups is 2. The number of carbonyl (C=O) groups excluding carboxylic acids is 2. The lowest BCUT2D eigenvalue weighted by molar-refractivity contribution is -0.379. The summed E-state index contributed by atoms with van der Waals surface area (Å²) in [6, 6.07) is 0. The van der Waals surface area contributed by atoms with Crippen molar-refractivity contribution in [2.75, 3.05) is 26.4 Å². The minimum Gasteiger partial charge on any atom is -0.432 e. The van der Waals surface area contributed by atoms with Gasteiger partial charge < -0.3 is 119 Å². The molecule has 4 saturated heterocycles. The predicted octanol–water partition coefficient (Wildman–Crippen LogP) is -3.89. The van der Waals surface area contributed by atoms with Crippen molar-refractivity contribution in [1.29, 1.82) is 0 Å². The van der Waals surface area contributed by atoms with E-state index in [1.165, 1.54) is 0 Å². The monoisotopic (exact) mass is 1130 g/mol. The fraction of sp³-hybridized carbons (Fsp3) is 0.926. The van der Waals surface area contributed by atoms with Gasteiger partial charge in [0.1, 0.15) is 103 Å². The molecular weight excluding hydrogens is 1050 g/mol. The van der Waals surface area contributed by atoms with Crippen molar-refractivity contribution in [3.8, 4) is 0 Å². The van der Waals surface area contributed by atoms with Gasteiger partial charge in [-0.05, 0) is 97.2 Å². The Morgan fingerprint density at radius 2 is 1.08 bits per heavy atom. The highest BCUT2D eigenvalue weighted by Gasteiger charge is 2.72. The van der Waals surface area contributed by atoms with Crippen molar-refractivity contribution >= 4 is 12.3 Å². The molecule has 0 bridgehead atoms. The highest BCUT2D eigenvalue weighted by Crippen LogP contribution is 2.76. The Morgan fingerprint density at radius 3 is 1.62 bits per heavy atom. The summed E-state index contributed by atoms with van der Waals surface area (Å²) in [7, 11) is 0. The first kappa shape index (κ1) is 61.6. The van der Waals surface area contributed by atoms with Gasteiger partial charge >= 0.3 is 5.97 Å². The summed E-state index contributed by atoms with van der Waals surface area (Å²) in [5, 5.41) is 164. The van der Waals surface area contributed by atoms with Crippen LogP contribution in [0.2, 0.25) is 0 Å². The first-order chi connectivity index (χ1) is 37.0. The van der Waals surface area contributed by atoms with E-state index in [1.807, 2.05) is 6.92 Å². The summed E-state index contributed by atoms with van der Waals surface area (Å²) in [4.78, 5) is 28.5. The number of fused-ring (bicyclic) bond motifs is 7. The van der Waals surface area contributed by atoms with Gasteiger partial charge in [0, 0.05) is 0 Å². The Hall–Kier alpha value is -2.00. The Bertz CT molecular complexity index is 2200. The van der Waals surface area contributed by atoms with E-state index in [1.54, 1.807) is 0 Å². The first-order valence-electron chi connectivity index (χ1n) is 28.0. The number of rotatable bonds is 13. The molecule has 25 heteroatoms. The van der Waals surface area contributed by atoms with Crippen molar-refractivity contribution in [2.45, 2.75) is 234 Å². The second-order valence-corrected chi connectivity index (χ2v) is 26.1. The lowest BCUT2D eigenvalue weighted by atomic mass is 9.33. The van der Waals surface area contributed by atoms with Crippen LogP contribution < -0.4 is 0 Å². The number of hydrogen-bond donors (Lipinski definition) is 15. The quantitative estimate of drug-likeness (QED) is 0.0476. The smallest absolute Gasteiger partial charge is 0.317 e. The van der Waals surface area contributed by atoms with Gasteiger partial charge in [0.05, 0.1) is 44.1 Å². The number of aliphatic hydroxyl groups is 15. The lowest BCUT2D eigenvalue weighted by Gasteiger charge is -2.71. The lowest BCUT2D eigenvalue weighted by Crippen LogP contribution is -2.68. The maximum Gasteiger partial charge on any atom is 0.317 e. The van der Waals surface area contributed by atoms with E-state index >= 15 is 4.79 Å². The fourth-order valence-electron chi connectivity index (χ4n) is 16.3. The van der Waals surface area contributed by atoms with Gasteiger partial charge in [-0.1, -0.05) is 53.2 Å². The van der Waals surface area contributed by atoms with E-state index in [2.05, 4.69) is 40.7 Å². The number of aldehydes is 1. The molecule has 30 atom stereocenters. The SMILES string of the molecule is CC1(C)CCC2(C(=O)OC3OC(COC4OC(CO)C(O)C(O)C4OC4OC(CO)C(O)C(O)C4O)C(O)C(O)C3OC3OC(CO)C(O)C(O)C3O)C(O)CC3(C)C(=CCC4C5(C)CCC(O)C(C)(C=O)C5CCC43C)C2C1. The van der Waals surface area contributed by atoms with Crippen molar-refractivity contribution in [2.24, 2.45) is 50.2 Å². The van der Waals surface area contributed by atoms with Gasteiger partial charge in [0.15, 0.2) is 25.0 Å². The van der Waals surface area contributed by atoms with Crippen LogP contribution in [-0.4, -0.2) is 250 Å². The van der Waals surface area contributed by atoms with Crippen molar-refractivity contribution in [3.63, 3.8) is 0 Å². The van der Waals surface area contributed by atoms with E-state index in [4.69, 9.17) is 37.9 Å². The van der Waals surface area contributed by atoms with E-state index in [9.17, 15) is 81.4 Å². The maximum atomic E-state index is 15.7. The van der Waals surface area contributed by atoms with Crippen LogP contribution in [0, 0.1) is 50.2 Å². The molecule has 0 aromatic carbocycles. The number of allylic oxidation sites excluding steroid dienone is 2. The van der Waals surface area contributed by atoms with Gasteiger partial charge in [-0.15, -0.1) is 0 Å². The van der Waals surface area contributed by atoms with Gasteiger partial charge in [-0.3, -0.25) is 4.79 Å². The average Bonchev–Trinajstić information content (AvgIpc) is 2.68. The molecule has 5 aliphatic carbocycles. The van der Waals surface area contributed by atoms with Gasteiger partial charge in [0.25, 0.3) is 0 Å². The zero-order valence-electron chi connectivity index (χ0n) is 45.6. The van der Waals surface area contributed by atoms with Crippen molar-refractivity contribution in [1.82, 2.24) is 0 Å². The summed E-state index contributed by atoms with van der Waals surface area (Å²) < 4.78 is 47.2. The topological polar surface area (TPSA) is 411 Å². The number of ether oxygens (including phenoxy) is 8. The highest BCUT2D eigenvalue weighted by molar-refractivity contribution is 5.80. The van der Waals surface area contributed by atoms with Gasteiger partial charge in [0.2, 0.25) is 6.29 Å². The van der Waals surface area contributed by atoms with Crippen LogP contribution in [0.15, 0.2) is 11.6 Å². The summed E-state index contributed by atoms with van der Waals surface area (Å²) >= 11 is 0. The van der Waals surface area contributed by atoms with Crippen LogP contribution in [0.4, 0.5) is 0 Å². The summed E-state index contributed by atoms with van der Waals surface area (Å²) in [5.41, 5.74) is -3.42. The molecule has 30 unspecified atom stereocenters. The molecule has 0 radical (unpaired) electrons. The van der Waals surface area contributed by atoms with E-state index in [0.717, 1.165) is 11.9 Å². The zero-order chi connectivity index (χ0) is 57.9. The first-order valence-corrected chi connectivity index (χ1v) is 28.0. The van der Waals surface area contributed by atoms with Crippen LogP contribution in [0.1, 0.15) is 99.3 Å². The molecule has 452 valence electrons. The number of esters is 1. The standard InChI is InChI=1S/C54H86O25/c1-49(2)13-14-54(23(15-49)22-7-8-29-50(3)11-10-30(59)51(4,21-58)28(50)9-12-52(29,5)53(22,6)16-31(54)60)48(71)79-47-43(78-45-41(70)37(66)33(62)25(18-56)74-45)39(68)35(64)27(76-47)20-72-46-42(38(67)34(63)26(19-57)75-46)77-44-40(69)36(65)32(61)24(17-55)73-44/h7,21,23-47,55-57,59-70H,8-20H2,1-6H3. The second-order valence-electron chi connectivity index (χ2n) is 26.1. The molecule has 0 aromatic heterocycles. The average molecular weight is 1140 g/mol. The molecule has 0 spiro atoms. The molecule has 4 aliphatic heterocycles. The molecule has 0 aromatic rings. The Balaban J connectivity index is 1.03. The maximum absolute atomic E-state index is 15.7. The molecule has 4 saturated carbocycles. The van der Waals surface area contributed by atoms with Crippen LogP contribution in [-0.2, 0) is 47.5 Å². The van der Waals surface area contributed by atoms with E-state index < -0.39 is 195 Å². The highest BCUT2D eigenvalue weighted by atomic mass is 16.8. The zero-order valence-corrected chi connectivity index (χ0v) is 45.6. The van der Waals surface area contributed by atoms with E-state index in [-0.39, 0.29) is 35.5 Å². The predicted molar refractivity (Wildman–Crippen MR) is 265 cm³/mol. The van der Waals surface area contributed by atoms with Crippen molar-refractivity contribution in [3.05, 3.63) is 11.6 Å². The van der Waals surface area contributed by atoms with E-state index in [0.29, 0.717) is 44.9 Å². The minimum atomic E-state index is -2.15. The van der Waals surface area contributed by atoms with Crippen LogP contribution >= 0.6 is 0 Å². The summed E-state index contributed by atoms with van der Waals surface area (Å²) in [6.07, 6.45) is -32.2. The number of hydrogen-bond acceptors (Lipinski definition) is 25. The van der Waals surface area contributed by atoms with Crippen LogP contribution in [0.5, 0.6) is 0 Å². The second kappa shape index (κ2) is 22.4. The molecule has 15 N–H and O–H groups in total.